The van der Waals surface area contributed by atoms with Crippen LogP contribution in [-0.4, -0.2) is 59.5 Å². The van der Waals surface area contributed by atoms with Crippen molar-refractivity contribution in [1.82, 2.24) is 15.1 Å². The molecule has 2 unspecified atom stereocenters. The van der Waals surface area contributed by atoms with Crippen LogP contribution in [0, 0.1) is 11.3 Å². The third-order valence-corrected chi connectivity index (χ3v) is 4.36. The van der Waals surface area contributed by atoms with Gasteiger partial charge in [0.1, 0.15) is 0 Å². The summed E-state index contributed by atoms with van der Waals surface area (Å²) in [5, 5.41) is 12.0. The van der Waals surface area contributed by atoms with E-state index in [-0.39, 0.29) is 23.5 Å². The fraction of sp³-hybridized carbons (Fsp3) is 0.867. The summed E-state index contributed by atoms with van der Waals surface area (Å²) in [6.45, 7) is 13.4. The third-order valence-electron chi connectivity index (χ3n) is 4.36. The van der Waals surface area contributed by atoms with Crippen molar-refractivity contribution in [3.05, 3.63) is 0 Å². The van der Waals surface area contributed by atoms with E-state index in [4.69, 9.17) is 5.26 Å². The van der Waals surface area contributed by atoms with Gasteiger partial charge in [-0.05, 0) is 34.1 Å². The molecule has 5 nitrogen and oxygen atoms in total. The number of piperazine rings is 1. The zero-order valence-corrected chi connectivity index (χ0v) is 13.4. The first-order valence-electron chi connectivity index (χ1n) is 7.50. The van der Waals surface area contributed by atoms with Crippen LogP contribution in [0.3, 0.4) is 0 Å². The molecular formula is C15H28N4O. The summed E-state index contributed by atoms with van der Waals surface area (Å²) in [4.78, 5) is 16.6. The van der Waals surface area contributed by atoms with E-state index in [0.717, 1.165) is 32.6 Å². The van der Waals surface area contributed by atoms with Crippen LogP contribution >= 0.6 is 0 Å². The Morgan fingerprint density at radius 3 is 2.20 bits per heavy atom. The van der Waals surface area contributed by atoms with Gasteiger partial charge in [-0.1, -0.05) is 6.92 Å². The van der Waals surface area contributed by atoms with E-state index in [1.54, 1.807) is 0 Å². The Morgan fingerprint density at radius 2 is 1.75 bits per heavy atom. The summed E-state index contributed by atoms with van der Waals surface area (Å²) in [7, 11) is 0. The first kappa shape index (κ1) is 16.9. The second-order valence-corrected chi connectivity index (χ2v) is 6.28. The Kier molecular flexibility index (Phi) is 5.97. The molecule has 0 aromatic carbocycles. The molecule has 1 fully saturated rings. The van der Waals surface area contributed by atoms with Gasteiger partial charge in [-0.3, -0.25) is 14.6 Å². The lowest BCUT2D eigenvalue weighted by Crippen LogP contribution is -2.57. The van der Waals surface area contributed by atoms with Gasteiger partial charge >= 0.3 is 0 Å². The number of nitrogens with zero attached hydrogens (tertiary/aromatic N) is 3. The number of hydrogen-bond donors (Lipinski definition) is 1. The molecule has 0 spiro atoms. The average Bonchev–Trinajstić information content (AvgIpc) is 2.45. The molecule has 0 aromatic rings. The summed E-state index contributed by atoms with van der Waals surface area (Å²) >= 11 is 0. The lowest BCUT2D eigenvalue weighted by atomic mass is 10.0. The van der Waals surface area contributed by atoms with Crippen molar-refractivity contribution in [2.75, 3.05) is 26.2 Å². The Morgan fingerprint density at radius 1 is 1.25 bits per heavy atom. The number of nitrogens with one attached hydrogen (secondary N) is 1. The molecule has 20 heavy (non-hydrogen) atoms. The summed E-state index contributed by atoms with van der Waals surface area (Å²) in [5.41, 5.74) is -0.150. The minimum Gasteiger partial charge on any atom is -0.350 e. The molecule has 0 saturated carbocycles. The standard InChI is InChI=1S/C15H28N4O/c1-6-15(4,5)17-14(20)13(3)19-9-7-18(8-10-19)12(2)11-16/h12-13H,6-10H2,1-5H3,(H,17,20). The Labute approximate surface area is 122 Å². The summed E-state index contributed by atoms with van der Waals surface area (Å²) < 4.78 is 0. The molecule has 5 heteroatoms. The highest BCUT2D eigenvalue weighted by Crippen LogP contribution is 2.12. The molecule has 114 valence electrons. The minimum atomic E-state index is -0.150. The Balaban J connectivity index is 2.49. The molecule has 1 amide bonds. The second-order valence-electron chi connectivity index (χ2n) is 6.28. The number of carbonyl (C=O) groups excluding carboxylic acids is 1. The SMILES string of the molecule is CCC(C)(C)NC(=O)C(C)N1CCN(C(C)C#N)CC1. The van der Waals surface area contributed by atoms with Crippen LogP contribution in [0.15, 0.2) is 0 Å². The highest BCUT2D eigenvalue weighted by atomic mass is 16.2. The molecule has 1 saturated heterocycles. The zero-order valence-electron chi connectivity index (χ0n) is 13.4. The van der Waals surface area contributed by atoms with Gasteiger partial charge in [0.25, 0.3) is 0 Å². The lowest BCUT2D eigenvalue weighted by Gasteiger charge is -2.39. The first-order chi connectivity index (χ1) is 9.30. The fourth-order valence-corrected chi connectivity index (χ4v) is 2.29. The van der Waals surface area contributed by atoms with E-state index in [0.29, 0.717) is 0 Å². The van der Waals surface area contributed by atoms with Crippen LogP contribution in [0.4, 0.5) is 0 Å². The van der Waals surface area contributed by atoms with Crippen molar-refractivity contribution in [3.63, 3.8) is 0 Å². The molecule has 1 aliphatic rings. The van der Waals surface area contributed by atoms with Crippen LogP contribution in [0.2, 0.25) is 0 Å². The maximum Gasteiger partial charge on any atom is 0.237 e. The number of nitriles is 1. The molecule has 2 atom stereocenters. The number of carbonyl (C=O) groups is 1. The van der Waals surface area contributed by atoms with Gasteiger partial charge in [-0.15, -0.1) is 0 Å². The van der Waals surface area contributed by atoms with Gasteiger partial charge in [-0.25, -0.2) is 0 Å². The quantitative estimate of drug-likeness (QED) is 0.822. The highest BCUT2D eigenvalue weighted by molar-refractivity contribution is 5.82. The van der Waals surface area contributed by atoms with Gasteiger partial charge < -0.3 is 5.32 Å². The van der Waals surface area contributed by atoms with Gasteiger partial charge in [0.15, 0.2) is 0 Å². The van der Waals surface area contributed by atoms with Crippen molar-refractivity contribution in [2.45, 2.75) is 58.7 Å². The van der Waals surface area contributed by atoms with E-state index in [2.05, 4.69) is 28.1 Å². The number of hydrogen-bond acceptors (Lipinski definition) is 4. The predicted octanol–water partition coefficient (Wildman–Crippen LogP) is 1.21. The van der Waals surface area contributed by atoms with E-state index in [9.17, 15) is 4.79 Å². The van der Waals surface area contributed by atoms with Gasteiger partial charge in [0.05, 0.1) is 18.2 Å². The smallest absolute Gasteiger partial charge is 0.237 e. The molecule has 0 aliphatic carbocycles. The predicted molar refractivity (Wildman–Crippen MR) is 80.2 cm³/mol. The van der Waals surface area contributed by atoms with Crippen LogP contribution < -0.4 is 5.32 Å². The number of rotatable bonds is 5. The van der Waals surface area contributed by atoms with Gasteiger partial charge in [0, 0.05) is 31.7 Å². The molecule has 1 aliphatic heterocycles. The molecule has 0 aromatic heterocycles. The minimum absolute atomic E-state index is 0.0414. The lowest BCUT2D eigenvalue weighted by molar-refractivity contribution is -0.128. The molecule has 0 bridgehead atoms. The van der Waals surface area contributed by atoms with E-state index in [1.165, 1.54) is 0 Å². The zero-order chi connectivity index (χ0) is 15.3. The van der Waals surface area contributed by atoms with E-state index >= 15 is 0 Å². The normalized spacial score (nSPS) is 21.0. The summed E-state index contributed by atoms with van der Waals surface area (Å²) in [6, 6.07) is 2.12. The third kappa shape index (κ3) is 4.46. The number of amides is 1. The van der Waals surface area contributed by atoms with Crippen molar-refractivity contribution < 1.29 is 4.79 Å². The van der Waals surface area contributed by atoms with Gasteiger partial charge in [0.2, 0.25) is 5.91 Å². The fourth-order valence-electron chi connectivity index (χ4n) is 2.29. The van der Waals surface area contributed by atoms with Crippen molar-refractivity contribution in [2.24, 2.45) is 0 Å². The Hall–Kier alpha value is -1.12. The molecule has 0 radical (unpaired) electrons. The first-order valence-corrected chi connectivity index (χ1v) is 7.50. The Bertz CT molecular complexity index is 367. The molecule has 1 N–H and O–H groups in total. The van der Waals surface area contributed by atoms with Crippen LogP contribution in [0.25, 0.3) is 0 Å². The van der Waals surface area contributed by atoms with Crippen LogP contribution in [-0.2, 0) is 4.79 Å². The van der Waals surface area contributed by atoms with Crippen molar-refractivity contribution >= 4 is 5.91 Å². The van der Waals surface area contributed by atoms with E-state index < -0.39 is 0 Å². The monoisotopic (exact) mass is 280 g/mol. The van der Waals surface area contributed by atoms with Crippen molar-refractivity contribution in [3.8, 4) is 6.07 Å². The van der Waals surface area contributed by atoms with Crippen LogP contribution in [0.1, 0.15) is 41.0 Å². The molecule has 1 heterocycles. The largest absolute Gasteiger partial charge is 0.350 e. The van der Waals surface area contributed by atoms with E-state index in [1.807, 2.05) is 27.7 Å². The van der Waals surface area contributed by atoms with Gasteiger partial charge in [-0.2, -0.15) is 5.26 Å². The highest BCUT2D eigenvalue weighted by Gasteiger charge is 2.29. The second kappa shape index (κ2) is 7.05. The summed E-state index contributed by atoms with van der Waals surface area (Å²) in [6.07, 6.45) is 0.916. The summed E-state index contributed by atoms with van der Waals surface area (Å²) in [5.74, 6) is 0.0960. The van der Waals surface area contributed by atoms with Crippen LogP contribution in [0.5, 0.6) is 0 Å². The maximum absolute atomic E-state index is 12.3. The topological polar surface area (TPSA) is 59.4 Å². The maximum atomic E-state index is 12.3. The average molecular weight is 280 g/mol. The molecule has 1 rings (SSSR count). The van der Waals surface area contributed by atoms with Crippen molar-refractivity contribution in [1.29, 1.82) is 5.26 Å². The molecular weight excluding hydrogens is 252 g/mol.